The molecule has 0 N–H and O–H groups in total. The smallest absolute Gasteiger partial charge is 0.163 e. The van der Waals surface area contributed by atoms with Crippen LogP contribution in [-0.2, 0) is 23.7 Å². The summed E-state index contributed by atoms with van der Waals surface area (Å²) in [6.07, 6.45) is 0.424. The molecule has 5 heteroatoms. The molecular weight excluding hydrogens is 200 g/mol. The third kappa shape index (κ3) is 6.57. The fourth-order valence-corrected chi connectivity index (χ4v) is 1.16. The molecule has 0 rings (SSSR count). The molecule has 0 aromatic heterocycles. The maximum atomic E-state index is 11.4. The lowest BCUT2D eigenvalue weighted by atomic mass is 10.1. The molecule has 0 aliphatic rings. The normalized spacial score (nSPS) is 11.3. The van der Waals surface area contributed by atoms with Crippen LogP contribution in [0.4, 0.5) is 0 Å². The molecule has 0 spiro atoms. The minimum absolute atomic E-state index is 0.0720. The predicted octanol–water partition coefficient (Wildman–Crippen LogP) is 0.964. The van der Waals surface area contributed by atoms with Crippen molar-refractivity contribution in [3.05, 3.63) is 0 Å². The van der Waals surface area contributed by atoms with E-state index >= 15 is 0 Å². The average Bonchev–Trinajstić information content (AvgIpc) is 2.27. The van der Waals surface area contributed by atoms with Gasteiger partial charge in [0.1, 0.15) is 5.78 Å². The Morgan fingerprint density at radius 3 is 1.80 bits per heavy atom. The highest BCUT2D eigenvalue weighted by atomic mass is 16.7. The fourth-order valence-electron chi connectivity index (χ4n) is 1.16. The number of hydrogen-bond donors (Lipinski definition) is 0. The van der Waals surface area contributed by atoms with Crippen LogP contribution in [0.1, 0.15) is 19.3 Å². The van der Waals surface area contributed by atoms with Crippen molar-refractivity contribution in [1.29, 1.82) is 0 Å². The molecule has 90 valence electrons. The van der Waals surface area contributed by atoms with E-state index in [4.69, 9.17) is 18.9 Å². The largest absolute Gasteiger partial charge is 0.356 e. The maximum Gasteiger partial charge on any atom is 0.163 e. The van der Waals surface area contributed by atoms with E-state index in [1.54, 1.807) is 14.2 Å². The summed E-state index contributed by atoms with van der Waals surface area (Å²) in [6, 6.07) is 0. The van der Waals surface area contributed by atoms with E-state index in [2.05, 4.69) is 0 Å². The summed E-state index contributed by atoms with van der Waals surface area (Å²) in [4.78, 5) is 11.4. The summed E-state index contributed by atoms with van der Waals surface area (Å²) in [6.45, 7) is 0. The first kappa shape index (κ1) is 14.5. The number of ether oxygens (including phenoxy) is 4. The Balaban J connectivity index is 3.73. The molecular formula is C10H20O5. The molecule has 0 radical (unpaired) electrons. The van der Waals surface area contributed by atoms with Crippen LogP contribution in [-0.4, -0.2) is 46.8 Å². The van der Waals surface area contributed by atoms with Gasteiger partial charge in [0.2, 0.25) is 0 Å². The predicted molar refractivity (Wildman–Crippen MR) is 54.5 cm³/mol. The number of hydrogen-bond acceptors (Lipinski definition) is 5. The van der Waals surface area contributed by atoms with Gasteiger partial charge in [-0.05, 0) is 0 Å². The molecule has 5 nitrogen and oxygen atoms in total. The zero-order valence-electron chi connectivity index (χ0n) is 9.82. The molecule has 0 unspecified atom stereocenters. The highest BCUT2D eigenvalue weighted by Crippen LogP contribution is 2.07. The van der Waals surface area contributed by atoms with Crippen LogP contribution in [0.5, 0.6) is 0 Å². The van der Waals surface area contributed by atoms with Gasteiger partial charge < -0.3 is 18.9 Å². The molecule has 15 heavy (non-hydrogen) atoms. The zero-order chi connectivity index (χ0) is 11.7. The molecule has 0 atom stereocenters. The number of Topliss-reactive ketones (excluding diaryl/α,β-unsaturated/α-hetero) is 1. The highest BCUT2D eigenvalue weighted by molar-refractivity contribution is 5.78. The Hall–Kier alpha value is -0.490. The van der Waals surface area contributed by atoms with Crippen LogP contribution in [0, 0.1) is 0 Å². The summed E-state index contributed by atoms with van der Waals surface area (Å²) >= 11 is 0. The van der Waals surface area contributed by atoms with E-state index in [1.807, 2.05) is 0 Å². The van der Waals surface area contributed by atoms with Crippen LogP contribution in [0.2, 0.25) is 0 Å². The van der Waals surface area contributed by atoms with Gasteiger partial charge in [-0.15, -0.1) is 0 Å². The molecule has 0 heterocycles. The van der Waals surface area contributed by atoms with Crippen molar-refractivity contribution < 1.29 is 23.7 Å². The van der Waals surface area contributed by atoms with Crippen molar-refractivity contribution in [2.45, 2.75) is 31.8 Å². The van der Waals surface area contributed by atoms with E-state index in [9.17, 15) is 4.79 Å². The van der Waals surface area contributed by atoms with E-state index in [0.29, 0.717) is 12.8 Å². The maximum absolute atomic E-state index is 11.4. The van der Waals surface area contributed by atoms with Crippen molar-refractivity contribution in [2.24, 2.45) is 0 Å². The van der Waals surface area contributed by atoms with Gasteiger partial charge in [-0.25, -0.2) is 0 Å². The molecule has 0 saturated heterocycles. The van der Waals surface area contributed by atoms with Gasteiger partial charge in [0.25, 0.3) is 0 Å². The summed E-state index contributed by atoms with van der Waals surface area (Å²) in [5.74, 6) is 0.0720. The molecule has 0 aromatic carbocycles. The van der Waals surface area contributed by atoms with Crippen LogP contribution in [0.15, 0.2) is 0 Å². The van der Waals surface area contributed by atoms with Crippen LogP contribution < -0.4 is 0 Å². The first-order chi connectivity index (χ1) is 7.17. The standard InChI is InChI=1S/C10H20O5/c1-12-9(13-2)6-5-8(11)7-10(14-3)15-4/h9-10H,5-7H2,1-4H3. The zero-order valence-corrected chi connectivity index (χ0v) is 9.82. The Morgan fingerprint density at radius 2 is 1.40 bits per heavy atom. The second kappa shape index (κ2) is 8.79. The van der Waals surface area contributed by atoms with Crippen molar-refractivity contribution in [2.75, 3.05) is 28.4 Å². The van der Waals surface area contributed by atoms with Crippen LogP contribution in [0.25, 0.3) is 0 Å². The Kier molecular flexibility index (Phi) is 8.50. The average molecular weight is 220 g/mol. The third-order valence-electron chi connectivity index (χ3n) is 2.10. The van der Waals surface area contributed by atoms with Crippen molar-refractivity contribution >= 4 is 5.78 Å². The lowest BCUT2D eigenvalue weighted by Gasteiger charge is -2.14. The summed E-state index contributed by atoms with van der Waals surface area (Å²) in [7, 11) is 6.11. The van der Waals surface area contributed by atoms with Crippen LogP contribution in [0.3, 0.4) is 0 Å². The van der Waals surface area contributed by atoms with E-state index in [0.717, 1.165) is 0 Å². The molecule has 0 amide bonds. The SMILES string of the molecule is COC(CCC(=O)CC(OC)OC)OC. The first-order valence-electron chi connectivity index (χ1n) is 4.80. The van der Waals surface area contributed by atoms with Gasteiger partial charge in [0.05, 0.1) is 6.42 Å². The fraction of sp³-hybridized carbons (Fsp3) is 0.900. The van der Waals surface area contributed by atoms with Crippen molar-refractivity contribution in [3.8, 4) is 0 Å². The van der Waals surface area contributed by atoms with E-state index in [-0.39, 0.29) is 18.5 Å². The first-order valence-corrected chi connectivity index (χ1v) is 4.80. The number of rotatable bonds is 9. The van der Waals surface area contributed by atoms with Crippen molar-refractivity contribution in [1.82, 2.24) is 0 Å². The highest BCUT2D eigenvalue weighted by Gasteiger charge is 2.14. The van der Waals surface area contributed by atoms with Gasteiger partial charge in [-0.3, -0.25) is 4.79 Å². The van der Waals surface area contributed by atoms with Gasteiger partial charge in [-0.1, -0.05) is 0 Å². The van der Waals surface area contributed by atoms with E-state index in [1.165, 1.54) is 14.2 Å². The van der Waals surface area contributed by atoms with Gasteiger partial charge >= 0.3 is 0 Å². The number of carbonyl (C=O) groups excluding carboxylic acids is 1. The lowest BCUT2D eigenvalue weighted by molar-refractivity contribution is -0.141. The minimum Gasteiger partial charge on any atom is -0.356 e. The molecule has 0 saturated carbocycles. The number of ketones is 1. The molecule has 0 aliphatic carbocycles. The van der Waals surface area contributed by atoms with Crippen LogP contribution >= 0.6 is 0 Å². The van der Waals surface area contributed by atoms with Gasteiger partial charge in [0, 0.05) is 41.3 Å². The molecule has 0 aliphatic heterocycles. The van der Waals surface area contributed by atoms with Gasteiger partial charge in [-0.2, -0.15) is 0 Å². The summed E-state index contributed by atoms with van der Waals surface area (Å²) < 4.78 is 19.8. The van der Waals surface area contributed by atoms with E-state index < -0.39 is 6.29 Å². The lowest BCUT2D eigenvalue weighted by Crippen LogP contribution is -2.20. The Bertz CT molecular complexity index is 163. The second-order valence-electron chi connectivity index (χ2n) is 3.08. The monoisotopic (exact) mass is 220 g/mol. The minimum atomic E-state index is -0.457. The summed E-state index contributed by atoms with van der Waals surface area (Å²) in [5, 5.41) is 0. The number of methoxy groups -OCH3 is 4. The Labute approximate surface area is 90.6 Å². The van der Waals surface area contributed by atoms with Crippen molar-refractivity contribution in [3.63, 3.8) is 0 Å². The summed E-state index contributed by atoms with van der Waals surface area (Å²) in [5.41, 5.74) is 0. The molecule has 0 aromatic rings. The Morgan fingerprint density at radius 1 is 0.933 bits per heavy atom. The molecule has 0 fully saturated rings. The molecule has 0 bridgehead atoms. The quantitative estimate of drug-likeness (QED) is 0.542. The topological polar surface area (TPSA) is 54.0 Å². The third-order valence-corrected chi connectivity index (χ3v) is 2.10. The number of carbonyl (C=O) groups is 1. The second-order valence-corrected chi connectivity index (χ2v) is 3.08. The van der Waals surface area contributed by atoms with Gasteiger partial charge in [0.15, 0.2) is 12.6 Å².